The van der Waals surface area contributed by atoms with Crippen LogP contribution in [0, 0.1) is 34.6 Å². The third kappa shape index (κ3) is 12.9. The SMILES string of the molecule is Cc1ccc(CN(Cc2ccc(C)cc2)c2ccc(CCc3ccc(N(c4ccc(C)cc4)c4ccc(CCc5ccc(N(Cc6ccc(C)cc6)Cc6ccc(C)cc6)cc5)cc4)cc3)cc2)cc1. The number of aryl methyl sites for hydroxylation is 9. The zero-order valence-corrected chi connectivity index (χ0v) is 41.8. The largest absolute Gasteiger partial charge is 0.363 e. The summed E-state index contributed by atoms with van der Waals surface area (Å²) in [6, 6.07) is 81.4. The molecule has 0 aromatic heterocycles. The Hall–Kier alpha value is -7.62. The van der Waals surface area contributed by atoms with E-state index in [9.17, 15) is 0 Å². The topological polar surface area (TPSA) is 9.72 Å². The first-order chi connectivity index (χ1) is 34.1. The summed E-state index contributed by atoms with van der Waals surface area (Å²) in [5.41, 5.74) is 23.1. The fraction of sp³-hybridized carbons (Fsp3) is 0.194. The molecule has 0 bridgehead atoms. The third-order valence-corrected chi connectivity index (χ3v) is 13.7. The molecule has 9 aromatic rings. The van der Waals surface area contributed by atoms with Crippen LogP contribution >= 0.6 is 0 Å². The minimum Gasteiger partial charge on any atom is -0.363 e. The standard InChI is InChI=1S/C67H67N3/c1-50-6-16-59(17-7-50)46-68(47-60-18-8-51(2)9-19-60)63-38-28-55(29-39-63)24-26-57-32-42-66(43-33-57)70(65-36-14-54(5)15-37-65)67-44-34-58(35-45-67)27-25-56-30-40-64(41-31-56)69(48-61-20-10-52(3)11-21-61)49-62-22-12-53(4)13-23-62/h6-23,28-45H,24-27,46-49H2,1-5H3. The van der Waals surface area contributed by atoms with Gasteiger partial charge in [0.05, 0.1) is 0 Å². The van der Waals surface area contributed by atoms with Crippen LogP contribution in [0.25, 0.3) is 0 Å². The molecule has 9 aromatic carbocycles. The van der Waals surface area contributed by atoms with E-state index in [1.807, 2.05) is 0 Å². The predicted octanol–water partition coefficient (Wildman–Crippen LogP) is 16.7. The van der Waals surface area contributed by atoms with Gasteiger partial charge in [-0.05, 0) is 165 Å². The molecule has 0 aliphatic rings. The molecule has 70 heavy (non-hydrogen) atoms. The molecular weight excluding hydrogens is 847 g/mol. The van der Waals surface area contributed by atoms with Crippen LogP contribution in [-0.4, -0.2) is 0 Å². The first kappa shape index (κ1) is 47.4. The molecule has 350 valence electrons. The highest BCUT2D eigenvalue weighted by molar-refractivity contribution is 5.76. The summed E-state index contributed by atoms with van der Waals surface area (Å²) in [5, 5.41) is 0. The first-order valence-corrected chi connectivity index (χ1v) is 25.1. The van der Waals surface area contributed by atoms with Gasteiger partial charge in [-0.2, -0.15) is 0 Å². The lowest BCUT2D eigenvalue weighted by atomic mass is 10.0. The Labute approximate surface area is 418 Å². The van der Waals surface area contributed by atoms with E-state index in [2.05, 4.69) is 268 Å². The van der Waals surface area contributed by atoms with Crippen LogP contribution in [0.1, 0.15) is 72.3 Å². The van der Waals surface area contributed by atoms with E-state index in [1.54, 1.807) is 0 Å². The molecule has 0 unspecified atom stereocenters. The van der Waals surface area contributed by atoms with Crippen LogP contribution in [-0.2, 0) is 51.9 Å². The highest BCUT2D eigenvalue weighted by Gasteiger charge is 2.15. The molecule has 0 radical (unpaired) electrons. The number of benzene rings is 9. The van der Waals surface area contributed by atoms with Crippen molar-refractivity contribution in [2.45, 2.75) is 86.5 Å². The van der Waals surface area contributed by atoms with Crippen molar-refractivity contribution in [1.82, 2.24) is 0 Å². The minimum absolute atomic E-state index is 0.865. The van der Waals surface area contributed by atoms with Gasteiger partial charge in [0.25, 0.3) is 0 Å². The zero-order chi connectivity index (χ0) is 48.2. The van der Waals surface area contributed by atoms with Crippen molar-refractivity contribution < 1.29 is 0 Å². The molecule has 0 spiro atoms. The average Bonchev–Trinajstić information content (AvgIpc) is 3.39. The Balaban J connectivity index is 0.840. The van der Waals surface area contributed by atoms with Crippen molar-refractivity contribution in [3.8, 4) is 0 Å². The molecule has 0 aliphatic heterocycles. The van der Waals surface area contributed by atoms with E-state index < -0.39 is 0 Å². The quantitative estimate of drug-likeness (QED) is 0.0800. The number of rotatable bonds is 19. The van der Waals surface area contributed by atoms with Crippen molar-refractivity contribution in [2.75, 3.05) is 14.7 Å². The fourth-order valence-corrected chi connectivity index (χ4v) is 9.22. The molecule has 0 fully saturated rings. The molecule has 3 heteroatoms. The van der Waals surface area contributed by atoms with Crippen LogP contribution in [0.5, 0.6) is 0 Å². The maximum atomic E-state index is 2.49. The first-order valence-electron chi connectivity index (χ1n) is 25.1. The van der Waals surface area contributed by atoms with Gasteiger partial charge in [0.2, 0.25) is 0 Å². The van der Waals surface area contributed by atoms with Gasteiger partial charge in [0.1, 0.15) is 0 Å². The van der Waals surface area contributed by atoms with Gasteiger partial charge in [0, 0.05) is 54.6 Å². The Bertz CT molecular complexity index is 2720. The summed E-state index contributed by atoms with van der Waals surface area (Å²) < 4.78 is 0. The summed E-state index contributed by atoms with van der Waals surface area (Å²) >= 11 is 0. The van der Waals surface area contributed by atoms with Gasteiger partial charge in [0.15, 0.2) is 0 Å². The van der Waals surface area contributed by atoms with Gasteiger partial charge >= 0.3 is 0 Å². The minimum atomic E-state index is 0.865. The van der Waals surface area contributed by atoms with Gasteiger partial charge < -0.3 is 14.7 Å². The molecule has 0 atom stereocenters. The predicted molar refractivity (Wildman–Crippen MR) is 298 cm³/mol. The molecule has 0 heterocycles. The number of nitrogens with zero attached hydrogens (tertiary/aromatic N) is 3. The Morgan fingerprint density at radius 2 is 0.371 bits per heavy atom. The van der Waals surface area contributed by atoms with E-state index in [-0.39, 0.29) is 0 Å². The lowest BCUT2D eigenvalue weighted by Gasteiger charge is -2.26. The lowest BCUT2D eigenvalue weighted by molar-refractivity contribution is 0.798. The molecule has 0 saturated heterocycles. The highest BCUT2D eigenvalue weighted by atomic mass is 15.1. The zero-order valence-electron chi connectivity index (χ0n) is 41.8. The lowest BCUT2D eigenvalue weighted by Crippen LogP contribution is -2.22. The van der Waals surface area contributed by atoms with Crippen molar-refractivity contribution in [1.29, 1.82) is 0 Å². The second kappa shape index (κ2) is 22.7. The van der Waals surface area contributed by atoms with Crippen LogP contribution in [0.4, 0.5) is 28.4 Å². The fourth-order valence-electron chi connectivity index (χ4n) is 9.22. The molecule has 0 saturated carbocycles. The van der Waals surface area contributed by atoms with E-state index in [0.29, 0.717) is 0 Å². The number of hydrogen-bond acceptors (Lipinski definition) is 3. The molecule has 9 rings (SSSR count). The Kier molecular flexibility index (Phi) is 15.4. The summed E-state index contributed by atoms with van der Waals surface area (Å²) in [4.78, 5) is 7.35. The second-order valence-electron chi connectivity index (χ2n) is 19.5. The highest BCUT2D eigenvalue weighted by Crippen LogP contribution is 2.35. The molecule has 0 amide bonds. The van der Waals surface area contributed by atoms with Crippen molar-refractivity contribution >= 4 is 28.4 Å². The molecule has 3 nitrogen and oxygen atoms in total. The summed E-state index contributed by atoms with van der Waals surface area (Å²) in [6.45, 7) is 14.2. The van der Waals surface area contributed by atoms with Crippen molar-refractivity contribution in [3.63, 3.8) is 0 Å². The number of hydrogen-bond donors (Lipinski definition) is 0. The smallest absolute Gasteiger partial charge is 0.0461 e. The van der Waals surface area contributed by atoms with E-state index in [1.165, 1.54) is 83.7 Å². The van der Waals surface area contributed by atoms with Crippen molar-refractivity contribution in [2.24, 2.45) is 0 Å². The van der Waals surface area contributed by atoms with Crippen molar-refractivity contribution in [3.05, 3.63) is 291 Å². The Morgan fingerprint density at radius 3 is 0.600 bits per heavy atom. The maximum absolute atomic E-state index is 2.49. The van der Waals surface area contributed by atoms with Gasteiger partial charge in [-0.1, -0.05) is 186 Å². The monoisotopic (exact) mass is 914 g/mol. The van der Waals surface area contributed by atoms with Gasteiger partial charge in [-0.3, -0.25) is 0 Å². The Morgan fingerprint density at radius 1 is 0.200 bits per heavy atom. The number of anilines is 5. The van der Waals surface area contributed by atoms with E-state index in [4.69, 9.17) is 0 Å². The van der Waals surface area contributed by atoms with Gasteiger partial charge in [-0.15, -0.1) is 0 Å². The third-order valence-electron chi connectivity index (χ3n) is 13.7. The van der Waals surface area contributed by atoms with Gasteiger partial charge in [-0.25, -0.2) is 0 Å². The molecule has 0 N–H and O–H groups in total. The van der Waals surface area contributed by atoms with Crippen LogP contribution in [0.15, 0.2) is 218 Å². The van der Waals surface area contributed by atoms with Crippen LogP contribution in [0.3, 0.4) is 0 Å². The summed E-state index contributed by atoms with van der Waals surface area (Å²) in [7, 11) is 0. The van der Waals surface area contributed by atoms with E-state index in [0.717, 1.165) is 68.9 Å². The van der Waals surface area contributed by atoms with Crippen LogP contribution < -0.4 is 14.7 Å². The van der Waals surface area contributed by atoms with Crippen LogP contribution in [0.2, 0.25) is 0 Å². The normalized spacial score (nSPS) is 11.1. The average molecular weight is 914 g/mol. The molecular formula is C67H67N3. The second-order valence-corrected chi connectivity index (χ2v) is 19.5. The molecule has 0 aliphatic carbocycles. The summed E-state index contributed by atoms with van der Waals surface area (Å²) in [6.07, 6.45) is 3.95. The van der Waals surface area contributed by atoms with E-state index >= 15 is 0 Å². The summed E-state index contributed by atoms with van der Waals surface area (Å²) in [5.74, 6) is 0. The maximum Gasteiger partial charge on any atom is 0.0461 e.